The maximum Gasteiger partial charge on any atom is 0.274 e. The van der Waals surface area contributed by atoms with Gasteiger partial charge in [-0.2, -0.15) is 8.42 Å². The van der Waals surface area contributed by atoms with Crippen LogP contribution in [-0.4, -0.2) is 28.1 Å². The van der Waals surface area contributed by atoms with E-state index in [0.29, 0.717) is 18.4 Å². The fourth-order valence-electron chi connectivity index (χ4n) is 1.83. The zero-order valence-corrected chi connectivity index (χ0v) is 10.5. The Morgan fingerprint density at radius 1 is 1.47 bits per heavy atom. The summed E-state index contributed by atoms with van der Waals surface area (Å²) in [6, 6.07) is 0. The average Bonchev–Trinajstić information content (AvgIpc) is 2.14. The highest BCUT2D eigenvalue weighted by Gasteiger charge is 2.20. The van der Waals surface area contributed by atoms with Crippen LogP contribution >= 0.6 is 12.4 Å². The van der Waals surface area contributed by atoms with Crippen LogP contribution in [0, 0.1) is 11.8 Å². The summed E-state index contributed by atoms with van der Waals surface area (Å²) in [6.07, 6.45) is 2.24. The fourth-order valence-corrected chi connectivity index (χ4v) is 2.32. The van der Waals surface area contributed by atoms with Crippen LogP contribution in [0.3, 0.4) is 0 Å². The van der Waals surface area contributed by atoms with Gasteiger partial charge in [-0.1, -0.05) is 6.92 Å². The Morgan fingerprint density at radius 2 is 2.00 bits per heavy atom. The molecule has 0 aliphatic carbocycles. The lowest BCUT2D eigenvalue weighted by Crippen LogP contribution is -2.38. The molecule has 7 heteroatoms. The lowest BCUT2D eigenvalue weighted by atomic mass is 9.86. The van der Waals surface area contributed by atoms with Crippen LogP contribution in [0.2, 0.25) is 0 Å². The Bertz CT molecular complexity index is 265. The molecule has 0 aromatic rings. The first kappa shape index (κ1) is 15.1. The van der Waals surface area contributed by atoms with Gasteiger partial charge in [0.15, 0.2) is 0 Å². The summed E-state index contributed by atoms with van der Waals surface area (Å²) in [4.78, 5) is 0. The van der Waals surface area contributed by atoms with E-state index in [-0.39, 0.29) is 12.4 Å². The third-order valence-electron chi connectivity index (χ3n) is 2.80. The molecule has 0 radical (unpaired) electrons. The van der Waals surface area contributed by atoms with E-state index < -0.39 is 10.2 Å². The van der Waals surface area contributed by atoms with Crippen LogP contribution in [0.1, 0.15) is 19.8 Å². The van der Waals surface area contributed by atoms with Crippen molar-refractivity contribution in [3.63, 3.8) is 0 Å². The summed E-state index contributed by atoms with van der Waals surface area (Å²) >= 11 is 0. The molecule has 1 fully saturated rings. The van der Waals surface area contributed by atoms with Gasteiger partial charge in [-0.15, -0.1) is 12.4 Å². The van der Waals surface area contributed by atoms with Gasteiger partial charge in [-0.05, 0) is 37.8 Å². The van der Waals surface area contributed by atoms with E-state index in [2.05, 4.69) is 17.0 Å². The van der Waals surface area contributed by atoms with E-state index in [9.17, 15) is 8.42 Å². The summed E-state index contributed by atoms with van der Waals surface area (Å²) in [5.74, 6) is 0.959. The van der Waals surface area contributed by atoms with Crippen molar-refractivity contribution in [3.05, 3.63) is 0 Å². The molecule has 0 aromatic carbocycles. The van der Waals surface area contributed by atoms with Gasteiger partial charge in [0, 0.05) is 6.54 Å². The number of nitrogens with two attached hydrogens (primary N) is 1. The van der Waals surface area contributed by atoms with Crippen molar-refractivity contribution in [1.82, 2.24) is 10.0 Å². The van der Waals surface area contributed by atoms with E-state index in [0.717, 1.165) is 25.9 Å². The van der Waals surface area contributed by atoms with Gasteiger partial charge in [0.2, 0.25) is 0 Å². The van der Waals surface area contributed by atoms with Gasteiger partial charge in [0.25, 0.3) is 10.2 Å². The molecule has 1 aliphatic rings. The SMILES string of the molecule is CC(CNS(N)(=O)=O)C1CCNCC1.Cl. The smallest absolute Gasteiger partial charge is 0.274 e. The van der Waals surface area contributed by atoms with Gasteiger partial charge in [0.1, 0.15) is 0 Å². The topological polar surface area (TPSA) is 84.2 Å². The van der Waals surface area contributed by atoms with Crippen molar-refractivity contribution in [2.24, 2.45) is 17.0 Å². The van der Waals surface area contributed by atoms with Crippen molar-refractivity contribution in [2.75, 3.05) is 19.6 Å². The molecule has 0 saturated carbocycles. The molecule has 1 rings (SSSR count). The number of hydrogen-bond acceptors (Lipinski definition) is 3. The van der Waals surface area contributed by atoms with Crippen molar-refractivity contribution in [2.45, 2.75) is 19.8 Å². The Morgan fingerprint density at radius 3 is 2.47 bits per heavy atom. The molecule has 0 aromatic heterocycles. The first-order valence-electron chi connectivity index (χ1n) is 4.97. The third-order valence-corrected chi connectivity index (χ3v) is 3.36. The highest BCUT2D eigenvalue weighted by molar-refractivity contribution is 7.87. The van der Waals surface area contributed by atoms with E-state index in [1.807, 2.05) is 0 Å². The van der Waals surface area contributed by atoms with Crippen LogP contribution in [0.15, 0.2) is 0 Å². The second-order valence-electron chi connectivity index (χ2n) is 3.96. The summed E-state index contributed by atoms with van der Waals surface area (Å²) in [5.41, 5.74) is 0. The zero-order valence-electron chi connectivity index (χ0n) is 8.90. The van der Waals surface area contributed by atoms with E-state index in [4.69, 9.17) is 5.14 Å². The zero-order chi connectivity index (χ0) is 10.6. The monoisotopic (exact) mass is 257 g/mol. The van der Waals surface area contributed by atoms with Gasteiger partial charge >= 0.3 is 0 Å². The average molecular weight is 258 g/mol. The molecule has 1 heterocycles. The molecule has 0 amide bonds. The van der Waals surface area contributed by atoms with Crippen LogP contribution in [0.4, 0.5) is 0 Å². The maximum atomic E-state index is 10.7. The molecule has 92 valence electrons. The van der Waals surface area contributed by atoms with Crippen molar-refractivity contribution in [1.29, 1.82) is 0 Å². The Labute approximate surface area is 97.8 Å². The fraction of sp³-hybridized carbons (Fsp3) is 1.00. The van der Waals surface area contributed by atoms with Crippen molar-refractivity contribution < 1.29 is 8.42 Å². The maximum absolute atomic E-state index is 10.7. The second kappa shape index (κ2) is 6.65. The Balaban J connectivity index is 0.00000196. The molecule has 1 atom stereocenters. The van der Waals surface area contributed by atoms with Crippen LogP contribution < -0.4 is 15.2 Å². The van der Waals surface area contributed by atoms with E-state index in [1.165, 1.54) is 0 Å². The van der Waals surface area contributed by atoms with E-state index >= 15 is 0 Å². The molecule has 1 aliphatic heterocycles. The molecule has 1 saturated heterocycles. The van der Waals surface area contributed by atoms with Gasteiger partial charge in [-0.3, -0.25) is 0 Å². The highest BCUT2D eigenvalue weighted by Crippen LogP contribution is 2.20. The summed E-state index contributed by atoms with van der Waals surface area (Å²) in [7, 11) is -3.52. The van der Waals surface area contributed by atoms with Crippen molar-refractivity contribution in [3.8, 4) is 0 Å². The lowest BCUT2D eigenvalue weighted by molar-refractivity contribution is 0.276. The largest absolute Gasteiger partial charge is 0.317 e. The number of piperidine rings is 1. The third kappa shape index (κ3) is 6.32. The molecule has 1 unspecified atom stereocenters. The van der Waals surface area contributed by atoms with Crippen LogP contribution in [0.25, 0.3) is 0 Å². The predicted octanol–water partition coefficient (Wildman–Crippen LogP) is -0.163. The minimum atomic E-state index is -3.52. The predicted molar refractivity (Wildman–Crippen MR) is 63.1 cm³/mol. The highest BCUT2D eigenvalue weighted by atomic mass is 35.5. The molecule has 0 bridgehead atoms. The van der Waals surface area contributed by atoms with Crippen LogP contribution in [-0.2, 0) is 10.2 Å². The number of halogens is 1. The minimum Gasteiger partial charge on any atom is -0.317 e. The Hall–Kier alpha value is 0.120. The first-order chi connectivity index (χ1) is 6.49. The van der Waals surface area contributed by atoms with Gasteiger partial charge in [-0.25, -0.2) is 9.86 Å². The summed E-state index contributed by atoms with van der Waals surface area (Å²) < 4.78 is 23.7. The number of hydrogen-bond donors (Lipinski definition) is 3. The standard InChI is InChI=1S/C8H19N3O2S.ClH/c1-7(6-11-14(9,12)13)8-2-4-10-5-3-8;/h7-8,10-11H,2-6H2,1H3,(H2,9,12,13);1H. The molecule has 4 N–H and O–H groups in total. The van der Waals surface area contributed by atoms with Gasteiger partial charge in [0.05, 0.1) is 0 Å². The molecular formula is C8H20ClN3O2S. The molecular weight excluding hydrogens is 238 g/mol. The minimum absolute atomic E-state index is 0. The molecule has 5 nitrogen and oxygen atoms in total. The number of rotatable bonds is 4. The quantitative estimate of drug-likeness (QED) is 0.654. The molecule has 0 spiro atoms. The summed E-state index contributed by atoms with van der Waals surface area (Å²) in [5, 5.41) is 8.14. The van der Waals surface area contributed by atoms with Gasteiger partial charge < -0.3 is 5.32 Å². The first-order valence-corrected chi connectivity index (χ1v) is 6.52. The normalized spacial score (nSPS) is 20.7. The van der Waals surface area contributed by atoms with Crippen molar-refractivity contribution >= 4 is 22.6 Å². The Kier molecular flexibility index (Phi) is 6.70. The lowest BCUT2D eigenvalue weighted by Gasteiger charge is -2.28. The molecule has 15 heavy (non-hydrogen) atoms. The summed E-state index contributed by atoms with van der Waals surface area (Å²) in [6.45, 7) is 4.58. The van der Waals surface area contributed by atoms with Crippen LogP contribution in [0.5, 0.6) is 0 Å². The van der Waals surface area contributed by atoms with E-state index in [1.54, 1.807) is 0 Å². The second-order valence-corrected chi connectivity index (χ2v) is 5.34. The number of nitrogens with one attached hydrogen (secondary N) is 2.